The summed E-state index contributed by atoms with van der Waals surface area (Å²) < 4.78 is 5.22. The molecule has 1 heterocycles. The van der Waals surface area contributed by atoms with Crippen molar-refractivity contribution in [2.24, 2.45) is 0 Å². The Labute approximate surface area is 200 Å². The van der Waals surface area contributed by atoms with Gasteiger partial charge < -0.3 is 4.74 Å². The van der Waals surface area contributed by atoms with Crippen molar-refractivity contribution in [3.63, 3.8) is 0 Å². The molecule has 1 atom stereocenters. The van der Waals surface area contributed by atoms with Gasteiger partial charge >= 0.3 is 0 Å². The van der Waals surface area contributed by atoms with Gasteiger partial charge in [-0.2, -0.15) is 0 Å². The van der Waals surface area contributed by atoms with E-state index in [1.54, 1.807) is 37.5 Å². The minimum absolute atomic E-state index is 0.0292. The van der Waals surface area contributed by atoms with E-state index in [1.807, 2.05) is 42.5 Å². The first-order valence-electron chi connectivity index (χ1n) is 10.4. The third kappa shape index (κ3) is 5.26. The molecule has 8 nitrogen and oxygen atoms in total. The Morgan fingerprint density at radius 2 is 1.76 bits per heavy atom. The Bertz CT molecular complexity index is 1230. The largest absolute Gasteiger partial charge is 0.497 e. The number of benzene rings is 3. The van der Waals surface area contributed by atoms with E-state index in [1.165, 1.54) is 28.9 Å². The number of nitrogens with zero attached hydrogens (tertiary/aromatic N) is 2. The lowest BCUT2D eigenvalue weighted by Gasteiger charge is -2.24. The second-order valence-corrected chi connectivity index (χ2v) is 8.60. The van der Waals surface area contributed by atoms with Crippen molar-refractivity contribution in [2.45, 2.75) is 11.8 Å². The van der Waals surface area contributed by atoms with Crippen LogP contribution in [0, 0.1) is 10.1 Å². The number of amides is 2. The first-order chi connectivity index (χ1) is 16.4. The SMILES string of the molecule is COc1ccc([C@@H]2S/C(=C\c3ccc([N+](=O)[O-])cc3)C(=O)N2NC(=O)Cc2ccccc2)cc1. The van der Waals surface area contributed by atoms with Crippen molar-refractivity contribution in [1.82, 2.24) is 10.4 Å². The second kappa shape index (κ2) is 10.2. The molecule has 0 saturated carbocycles. The van der Waals surface area contributed by atoms with Crippen LogP contribution < -0.4 is 10.2 Å². The highest BCUT2D eigenvalue weighted by Gasteiger charge is 2.38. The number of methoxy groups -OCH3 is 1. The van der Waals surface area contributed by atoms with Gasteiger partial charge in [0.25, 0.3) is 11.6 Å². The number of hydrazine groups is 1. The second-order valence-electron chi connectivity index (χ2n) is 7.47. The standard InChI is InChI=1S/C25H21N3O5S/c1-33-21-13-9-19(10-14-21)25-27(26-23(29)16-17-5-3-2-4-6-17)24(30)22(34-25)15-18-7-11-20(12-8-18)28(31)32/h2-15,25H,16H2,1H3,(H,26,29)/b22-15-/t25-/m0/s1. The maximum absolute atomic E-state index is 13.3. The Morgan fingerprint density at radius 3 is 2.38 bits per heavy atom. The van der Waals surface area contributed by atoms with Gasteiger partial charge in [-0.15, -0.1) is 0 Å². The zero-order valence-corrected chi connectivity index (χ0v) is 19.0. The number of nitro groups is 1. The van der Waals surface area contributed by atoms with Crippen LogP contribution in [-0.2, 0) is 16.0 Å². The highest BCUT2D eigenvalue weighted by atomic mass is 32.2. The van der Waals surface area contributed by atoms with Crippen molar-refractivity contribution in [3.8, 4) is 5.75 Å². The number of hydrogen-bond acceptors (Lipinski definition) is 6. The van der Waals surface area contributed by atoms with E-state index in [2.05, 4.69) is 5.43 Å². The summed E-state index contributed by atoms with van der Waals surface area (Å²) in [5.74, 6) is 0.0141. The fourth-order valence-corrected chi connectivity index (χ4v) is 4.63. The van der Waals surface area contributed by atoms with Crippen molar-refractivity contribution in [2.75, 3.05) is 7.11 Å². The molecule has 2 amide bonds. The van der Waals surface area contributed by atoms with Gasteiger partial charge in [-0.3, -0.25) is 25.1 Å². The number of ether oxygens (including phenoxy) is 1. The molecule has 1 aliphatic rings. The van der Waals surface area contributed by atoms with Gasteiger partial charge in [0, 0.05) is 12.1 Å². The van der Waals surface area contributed by atoms with Crippen LogP contribution in [0.2, 0.25) is 0 Å². The van der Waals surface area contributed by atoms with E-state index in [4.69, 9.17) is 4.74 Å². The van der Waals surface area contributed by atoms with Gasteiger partial charge in [0.05, 0.1) is 23.4 Å². The molecule has 1 fully saturated rings. The highest BCUT2D eigenvalue weighted by molar-refractivity contribution is 8.04. The molecule has 0 radical (unpaired) electrons. The monoisotopic (exact) mass is 475 g/mol. The van der Waals surface area contributed by atoms with Crippen molar-refractivity contribution >= 4 is 35.3 Å². The lowest BCUT2D eigenvalue weighted by molar-refractivity contribution is -0.384. The lowest BCUT2D eigenvalue weighted by atomic mass is 10.1. The van der Waals surface area contributed by atoms with E-state index >= 15 is 0 Å². The van der Waals surface area contributed by atoms with Crippen LogP contribution in [0.3, 0.4) is 0 Å². The number of hydrogen-bond donors (Lipinski definition) is 1. The minimum Gasteiger partial charge on any atom is -0.497 e. The molecule has 0 bridgehead atoms. The van der Waals surface area contributed by atoms with Gasteiger partial charge in [0.1, 0.15) is 11.1 Å². The minimum atomic E-state index is -0.484. The highest BCUT2D eigenvalue weighted by Crippen LogP contribution is 2.45. The van der Waals surface area contributed by atoms with E-state index in [-0.39, 0.29) is 23.9 Å². The summed E-state index contributed by atoms with van der Waals surface area (Å²) in [5, 5.41) is 11.8. The quantitative estimate of drug-likeness (QED) is 0.307. The van der Waals surface area contributed by atoms with Gasteiger partial charge in [0.2, 0.25) is 5.91 Å². The van der Waals surface area contributed by atoms with E-state index in [0.29, 0.717) is 16.2 Å². The van der Waals surface area contributed by atoms with Crippen LogP contribution in [0.25, 0.3) is 6.08 Å². The van der Waals surface area contributed by atoms with Crippen LogP contribution in [0.5, 0.6) is 5.75 Å². The summed E-state index contributed by atoms with van der Waals surface area (Å²) in [6.45, 7) is 0. The van der Waals surface area contributed by atoms with Crippen LogP contribution in [0.4, 0.5) is 5.69 Å². The van der Waals surface area contributed by atoms with E-state index in [0.717, 1.165) is 11.1 Å². The molecule has 0 spiro atoms. The number of nitro benzene ring substituents is 1. The van der Waals surface area contributed by atoms with Crippen LogP contribution in [0.1, 0.15) is 22.1 Å². The molecule has 0 aromatic heterocycles. The van der Waals surface area contributed by atoms with Crippen molar-refractivity contribution in [1.29, 1.82) is 0 Å². The maximum Gasteiger partial charge on any atom is 0.280 e. The summed E-state index contributed by atoms with van der Waals surface area (Å²) in [6, 6.07) is 22.5. The first kappa shape index (κ1) is 23.1. The summed E-state index contributed by atoms with van der Waals surface area (Å²) >= 11 is 1.30. The first-order valence-corrected chi connectivity index (χ1v) is 11.3. The Morgan fingerprint density at radius 1 is 1.09 bits per heavy atom. The number of rotatable bonds is 7. The Kier molecular flexibility index (Phi) is 6.93. The third-order valence-corrected chi connectivity index (χ3v) is 6.41. The van der Waals surface area contributed by atoms with Crippen molar-refractivity contribution in [3.05, 3.63) is 111 Å². The van der Waals surface area contributed by atoms with E-state index in [9.17, 15) is 19.7 Å². The maximum atomic E-state index is 13.3. The van der Waals surface area contributed by atoms with E-state index < -0.39 is 10.3 Å². The average molecular weight is 476 g/mol. The molecule has 3 aromatic rings. The van der Waals surface area contributed by atoms with Gasteiger partial charge in [-0.05, 0) is 47.0 Å². The lowest BCUT2D eigenvalue weighted by Crippen LogP contribution is -2.44. The number of carbonyl (C=O) groups is 2. The molecule has 1 N–H and O–H groups in total. The smallest absolute Gasteiger partial charge is 0.280 e. The fraction of sp³-hybridized carbons (Fsp3) is 0.120. The predicted molar refractivity (Wildman–Crippen MR) is 130 cm³/mol. The molecular weight excluding hydrogens is 454 g/mol. The van der Waals surface area contributed by atoms with Gasteiger partial charge in [-0.1, -0.05) is 54.2 Å². The average Bonchev–Trinajstić information content (AvgIpc) is 3.15. The van der Waals surface area contributed by atoms with Crippen LogP contribution in [-0.4, -0.2) is 28.9 Å². The molecule has 3 aromatic carbocycles. The zero-order chi connectivity index (χ0) is 24.1. The van der Waals surface area contributed by atoms with Gasteiger partial charge in [-0.25, -0.2) is 5.01 Å². The zero-order valence-electron chi connectivity index (χ0n) is 18.2. The molecule has 1 aliphatic heterocycles. The normalized spacial score (nSPS) is 16.5. The summed E-state index contributed by atoms with van der Waals surface area (Å²) in [6.07, 6.45) is 1.79. The molecule has 1 saturated heterocycles. The number of thioether (sulfide) groups is 1. The summed E-state index contributed by atoms with van der Waals surface area (Å²) in [4.78, 5) is 36.9. The van der Waals surface area contributed by atoms with Crippen LogP contribution >= 0.6 is 11.8 Å². The Balaban J connectivity index is 1.60. The van der Waals surface area contributed by atoms with Crippen LogP contribution in [0.15, 0.2) is 83.8 Å². The third-order valence-electron chi connectivity index (χ3n) is 5.16. The van der Waals surface area contributed by atoms with Gasteiger partial charge in [0.15, 0.2) is 0 Å². The molecule has 0 unspecified atom stereocenters. The molecule has 0 aliphatic carbocycles. The number of carbonyl (C=O) groups excluding carboxylic acids is 2. The topological polar surface area (TPSA) is 102 Å². The fourth-order valence-electron chi connectivity index (χ4n) is 3.44. The number of nitrogens with one attached hydrogen (secondary N) is 1. The molecule has 34 heavy (non-hydrogen) atoms. The van der Waals surface area contributed by atoms with Crippen molar-refractivity contribution < 1.29 is 19.2 Å². The summed E-state index contributed by atoms with van der Waals surface area (Å²) in [7, 11) is 1.57. The number of non-ortho nitro benzene ring substituents is 1. The molecular formula is C25H21N3O5S. The molecule has 4 rings (SSSR count). The summed E-state index contributed by atoms with van der Waals surface area (Å²) in [5.41, 5.74) is 5.02. The Hall–Kier alpha value is -4.11. The molecule has 172 valence electrons. The predicted octanol–water partition coefficient (Wildman–Crippen LogP) is 4.49. The molecule has 9 heteroatoms.